The second kappa shape index (κ2) is 5.22. The Hall–Kier alpha value is -0.740. The van der Waals surface area contributed by atoms with E-state index in [9.17, 15) is 4.79 Å². The first kappa shape index (κ1) is 11.3. The fourth-order valence-corrected chi connectivity index (χ4v) is 1.75. The largest absolute Gasteiger partial charge is 0.301 e. The molecule has 1 aromatic heterocycles. The maximum Gasteiger partial charge on any atom is 0.151 e. The van der Waals surface area contributed by atoms with Crippen molar-refractivity contribution in [2.75, 3.05) is 17.1 Å². The zero-order valence-electron chi connectivity index (χ0n) is 8.03. The van der Waals surface area contributed by atoms with Crippen LogP contribution in [-0.2, 0) is 0 Å². The Morgan fingerprint density at radius 3 is 2.93 bits per heavy atom. The minimum atomic E-state index is 0.390. The summed E-state index contributed by atoms with van der Waals surface area (Å²) in [6.45, 7) is 2.85. The van der Waals surface area contributed by atoms with Gasteiger partial charge in [0.25, 0.3) is 0 Å². The van der Waals surface area contributed by atoms with Gasteiger partial charge in [0, 0.05) is 24.6 Å². The Kier molecular flexibility index (Phi) is 4.22. The quantitative estimate of drug-likeness (QED) is 0.588. The number of halogens is 1. The molecule has 5 heteroatoms. The van der Waals surface area contributed by atoms with Crippen LogP contribution in [-0.4, -0.2) is 24.1 Å². The van der Waals surface area contributed by atoms with Crippen LogP contribution in [0.4, 0.5) is 5.82 Å². The van der Waals surface area contributed by atoms with Crippen molar-refractivity contribution in [3.63, 3.8) is 0 Å². The summed E-state index contributed by atoms with van der Waals surface area (Å²) in [5.41, 5.74) is 0.476. The van der Waals surface area contributed by atoms with E-state index in [1.54, 1.807) is 18.0 Å². The number of anilines is 1. The number of pyridine rings is 1. The van der Waals surface area contributed by atoms with Crippen molar-refractivity contribution in [2.45, 2.75) is 6.92 Å². The molecule has 0 aliphatic carbocycles. The summed E-state index contributed by atoms with van der Waals surface area (Å²) in [5.74, 6) is 0.756. The van der Waals surface area contributed by atoms with Crippen LogP contribution in [0, 0.1) is 0 Å². The zero-order valence-corrected chi connectivity index (χ0v) is 9.60. The first-order chi connectivity index (χ1) is 6.72. The molecule has 76 valence electrons. The first-order valence-corrected chi connectivity index (χ1v) is 5.71. The lowest BCUT2D eigenvalue weighted by atomic mass is 10.3. The van der Waals surface area contributed by atoms with E-state index in [2.05, 4.69) is 4.98 Å². The summed E-state index contributed by atoms with van der Waals surface area (Å²) < 4.78 is 1.98. The predicted octanol–water partition coefficient (Wildman–Crippen LogP) is 2.65. The molecule has 0 N–H and O–H groups in total. The van der Waals surface area contributed by atoms with E-state index in [1.165, 1.54) is 6.20 Å². The molecule has 0 spiro atoms. The van der Waals surface area contributed by atoms with Crippen molar-refractivity contribution in [3.05, 3.63) is 22.8 Å². The number of hydrogen-bond acceptors (Lipinski definition) is 4. The fraction of sp³-hybridized carbons (Fsp3) is 0.333. The lowest BCUT2D eigenvalue weighted by Gasteiger charge is -2.18. The van der Waals surface area contributed by atoms with Gasteiger partial charge in [0.2, 0.25) is 0 Å². The third-order valence-electron chi connectivity index (χ3n) is 1.76. The van der Waals surface area contributed by atoms with Gasteiger partial charge in [-0.05, 0) is 13.0 Å². The number of hydrogen-bond donors (Lipinski definition) is 0. The van der Waals surface area contributed by atoms with Crippen molar-refractivity contribution in [1.29, 1.82) is 0 Å². The van der Waals surface area contributed by atoms with Crippen LogP contribution in [0.25, 0.3) is 0 Å². The highest BCUT2D eigenvalue weighted by Gasteiger charge is 2.07. The topological polar surface area (TPSA) is 33.2 Å². The van der Waals surface area contributed by atoms with Crippen LogP contribution in [0.3, 0.4) is 0 Å². The smallest absolute Gasteiger partial charge is 0.151 e. The summed E-state index contributed by atoms with van der Waals surface area (Å²) in [4.78, 5) is 14.8. The molecule has 0 aliphatic heterocycles. The van der Waals surface area contributed by atoms with Gasteiger partial charge in [-0.2, -0.15) is 0 Å². The normalized spacial score (nSPS) is 9.93. The van der Waals surface area contributed by atoms with Crippen LogP contribution in [0.15, 0.2) is 12.3 Å². The van der Waals surface area contributed by atoms with Gasteiger partial charge in [-0.25, -0.2) is 4.98 Å². The molecule has 0 aliphatic rings. The SMILES string of the molecule is CCN(SC)c1cc(C=O)c(Cl)cn1. The van der Waals surface area contributed by atoms with Gasteiger partial charge in [-0.15, -0.1) is 0 Å². The van der Waals surface area contributed by atoms with E-state index < -0.39 is 0 Å². The van der Waals surface area contributed by atoms with Crippen LogP contribution >= 0.6 is 23.5 Å². The second-order valence-corrected chi connectivity index (χ2v) is 3.77. The maximum atomic E-state index is 10.6. The Labute approximate surface area is 92.6 Å². The lowest BCUT2D eigenvalue weighted by molar-refractivity contribution is 0.112. The third kappa shape index (κ3) is 2.39. The summed E-state index contributed by atoms with van der Waals surface area (Å²) in [5, 5.41) is 0.390. The summed E-state index contributed by atoms with van der Waals surface area (Å²) >= 11 is 7.33. The Morgan fingerprint density at radius 1 is 1.71 bits per heavy atom. The molecular formula is C9H11ClN2OS. The van der Waals surface area contributed by atoms with Gasteiger partial charge in [0.15, 0.2) is 6.29 Å². The molecule has 0 saturated carbocycles. The second-order valence-electron chi connectivity index (χ2n) is 2.56. The van der Waals surface area contributed by atoms with E-state index in [1.807, 2.05) is 17.5 Å². The third-order valence-corrected chi connectivity index (χ3v) is 2.96. The highest BCUT2D eigenvalue weighted by atomic mass is 35.5. The van der Waals surface area contributed by atoms with Gasteiger partial charge < -0.3 is 4.31 Å². The number of aromatic nitrogens is 1. The highest BCUT2D eigenvalue weighted by Crippen LogP contribution is 2.22. The minimum absolute atomic E-state index is 0.390. The average Bonchev–Trinajstić information content (AvgIpc) is 2.22. The van der Waals surface area contributed by atoms with Crippen LogP contribution in [0.1, 0.15) is 17.3 Å². The summed E-state index contributed by atoms with van der Waals surface area (Å²) in [6.07, 6.45) is 4.20. The van der Waals surface area contributed by atoms with Crippen molar-refractivity contribution in [1.82, 2.24) is 4.98 Å². The van der Waals surface area contributed by atoms with Crippen LogP contribution in [0.2, 0.25) is 5.02 Å². The Bertz CT molecular complexity index is 329. The number of rotatable bonds is 4. The van der Waals surface area contributed by atoms with Crippen molar-refractivity contribution in [3.8, 4) is 0 Å². The number of carbonyl (C=O) groups excluding carboxylic acids is 1. The van der Waals surface area contributed by atoms with Crippen molar-refractivity contribution in [2.24, 2.45) is 0 Å². The summed E-state index contributed by atoms with van der Waals surface area (Å²) in [7, 11) is 0. The molecule has 0 aromatic carbocycles. The molecule has 1 heterocycles. The molecule has 0 saturated heterocycles. The van der Waals surface area contributed by atoms with Gasteiger partial charge in [0.05, 0.1) is 5.02 Å². The van der Waals surface area contributed by atoms with Crippen molar-refractivity contribution >= 4 is 35.7 Å². The maximum absolute atomic E-state index is 10.6. The number of aldehydes is 1. The average molecular weight is 231 g/mol. The molecule has 0 atom stereocenters. The first-order valence-electron chi connectivity index (χ1n) is 4.15. The van der Waals surface area contributed by atoms with E-state index in [-0.39, 0.29) is 0 Å². The molecule has 0 fully saturated rings. The highest BCUT2D eigenvalue weighted by molar-refractivity contribution is 7.99. The fourth-order valence-electron chi connectivity index (χ4n) is 1.05. The Morgan fingerprint density at radius 2 is 2.43 bits per heavy atom. The van der Waals surface area contributed by atoms with Gasteiger partial charge in [-0.1, -0.05) is 23.5 Å². The van der Waals surface area contributed by atoms with Crippen LogP contribution in [0.5, 0.6) is 0 Å². The van der Waals surface area contributed by atoms with Gasteiger partial charge >= 0.3 is 0 Å². The molecule has 0 radical (unpaired) electrons. The van der Waals surface area contributed by atoms with Crippen molar-refractivity contribution < 1.29 is 4.79 Å². The van der Waals surface area contributed by atoms with Gasteiger partial charge in [0.1, 0.15) is 5.82 Å². The van der Waals surface area contributed by atoms with E-state index in [0.29, 0.717) is 10.6 Å². The molecule has 1 aromatic rings. The molecular weight excluding hydrogens is 220 g/mol. The molecule has 0 amide bonds. The minimum Gasteiger partial charge on any atom is -0.301 e. The number of carbonyl (C=O) groups is 1. The van der Waals surface area contributed by atoms with Crippen LogP contribution < -0.4 is 4.31 Å². The van der Waals surface area contributed by atoms with E-state index >= 15 is 0 Å². The Balaban J connectivity index is 3.04. The summed E-state index contributed by atoms with van der Waals surface area (Å²) in [6, 6.07) is 1.69. The number of nitrogens with zero attached hydrogens (tertiary/aromatic N) is 2. The molecule has 1 rings (SSSR count). The molecule has 0 bridgehead atoms. The zero-order chi connectivity index (χ0) is 10.6. The van der Waals surface area contributed by atoms with E-state index in [4.69, 9.17) is 11.6 Å². The molecule has 14 heavy (non-hydrogen) atoms. The molecule has 0 unspecified atom stereocenters. The monoisotopic (exact) mass is 230 g/mol. The molecule has 3 nitrogen and oxygen atoms in total. The predicted molar refractivity (Wildman–Crippen MR) is 61.2 cm³/mol. The van der Waals surface area contributed by atoms with Gasteiger partial charge in [-0.3, -0.25) is 4.79 Å². The van der Waals surface area contributed by atoms with E-state index in [0.717, 1.165) is 18.6 Å². The standard InChI is InChI=1S/C9H11ClN2OS/c1-3-12(14-2)9-4-7(6-13)8(10)5-11-9/h4-6H,3H2,1-2H3. The lowest BCUT2D eigenvalue weighted by Crippen LogP contribution is -2.14.